The van der Waals surface area contributed by atoms with Gasteiger partial charge in [-0.25, -0.2) is 0 Å². The van der Waals surface area contributed by atoms with Crippen LogP contribution in [0.25, 0.3) is 0 Å². The van der Waals surface area contributed by atoms with Crippen molar-refractivity contribution in [2.75, 3.05) is 20.8 Å². The van der Waals surface area contributed by atoms with E-state index in [4.69, 9.17) is 14.2 Å². The molecular formula is C22H27NO4. The molecule has 1 aliphatic rings. The molecule has 2 aromatic rings. The quantitative estimate of drug-likeness (QED) is 0.754. The zero-order valence-electron chi connectivity index (χ0n) is 16.4. The number of amides is 1. The second-order valence-electron chi connectivity index (χ2n) is 6.96. The van der Waals surface area contributed by atoms with Crippen LogP contribution in [-0.4, -0.2) is 37.7 Å². The van der Waals surface area contributed by atoms with E-state index in [0.29, 0.717) is 5.56 Å². The molecule has 5 heteroatoms. The van der Waals surface area contributed by atoms with Crippen LogP contribution < -0.4 is 14.2 Å². The highest BCUT2D eigenvalue weighted by Gasteiger charge is 2.32. The minimum absolute atomic E-state index is 0.0193. The molecule has 1 unspecified atom stereocenters. The van der Waals surface area contributed by atoms with Crippen LogP contribution in [0.4, 0.5) is 0 Å². The van der Waals surface area contributed by atoms with Crippen molar-refractivity contribution in [1.82, 2.24) is 4.90 Å². The van der Waals surface area contributed by atoms with Gasteiger partial charge in [-0.3, -0.25) is 4.79 Å². The number of carbonyl (C=O) groups excluding carboxylic acids is 1. The summed E-state index contributed by atoms with van der Waals surface area (Å²) in [5, 5.41) is 0. The summed E-state index contributed by atoms with van der Waals surface area (Å²) in [5.74, 6) is 2.34. The van der Waals surface area contributed by atoms with E-state index in [1.807, 2.05) is 61.2 Å². The third-order valence-corrected chi connectivity index (χ3v) is 4.78. The Labute approximate surface area is 160 Å². The van der Waals surface area contributed by atoms with Gasteiger partial charge in [-0.2, -0.15) is 0 Å². The summed E-state index contributed by atoms with van der Waals surface area (Å²) >= 11 is 0. The van der Waals surface area contributed by atoms with Crippen molar-refractivity contribution in [3.63, 3.8) is 0 Å². The van der Waals surface area contributed by atoms with Gasteiger partial charge in [-0.1, -0.05) is 0 Å². The largest absolute Gasteiger partial charge is 0.497 e. The highest BCUT2D eigenvalue weighted by Crippen LogP contribution is 2.39. The Morgan fingerprint density at radius 1 is 1.04 bits per heavy atom. The van der Waals surface area contributed by atoms with Crippen LogP contribution >= 0.6 is 0 Å². The van der Waals surface area contributed by atoms with Crippen LogP contribution in [0.2, 0.25) is 0 Å². The monoisotopic (exact) mass is 369 g/mol. The summed E-state index contributed by atoms with van der Waals surface area (Å²) in [6.45, 7) is 4.69. The maximum atomic E-state index is 13.1. The Bertz CT molecular complexity index is 785. The Hall–Kier alpha value is -2.69. The van der Waals surface area contributed by atoms with E-state index in [1.54, 1.807) is 14.2 Å². The van der Waals surface area contributed by atoms with E-state index < -0.39 is 0 Å². The van der Waals surface area contributed by atoms with Gasteiger partial charge in [-0.05, 0) is 69.2 Å². The van der Waals surface area contributed by atoms with Crippen molar-refractivity contribution in [3.05, 3.63) is 53.6 Å². The molecule has 1 atom stereocenters. The van der Waals surface area contributed by atoms with Gasteiger partial charge in [0.2, 0.25) is 0 Å². The molecule has 0 N–H and O–H groups in total. The zero-order valence-corrected chi connectivity index (χ0v) is 16.4. The van der Waals surface area contributed by atoms with Gasteiger partial charge in [0.05, 0.1) is 26.4 Å². The Balaban J connectivity index is 1.85. The molecule has 1 aliphatic heterocycles. The van der Waals surface area contributed by atoms with Gasteiger partial charge in [0.15, 0.2) is 0 Å². The van der Waals surface area contributed by atoms with Crippen LogP contribution in [0.3, 0.4) is 0 Å². The Morgan fingerprint density at radius 3 is 2.37 bits per heavy atom. The van der Waals surface area contributed by atoms with Crippen LogP contribution in [0, 0.1) is 0 Å². The number of carbonyl (C=O) groups is 1. The molecule has 1 amide bonds. The number of rotatable bonds is 6. The zero-order chi connectivity index (χ0) is 19.4. The lowest BCUT2D eigenvalue weighted by Crippen LogP contribution is -2.30. The fourth-order valence-corrected chi connectivity index (χ4v) is 3.55. The average molecular weight is 369 g/mol. The molecule has 144 valence electrons. The van der Waals surface area contributed by atoms with Crippen LogP contribution in [0.5, 0.6) is 17.2 Å². The van der Waals surface area contributed by atoms with Crippen LogP contribution in [-0.2, 0) is 0 Å². The normalized spacial score (nSPS) is 16.5. The molecule has 0 aliphatic carbocycles. The summed E-state index contributed by atoms with van der Waals surface area (Å²) in [7, 11) is 3.30. The molecular weight excluding hydrogens is 342 g/mol. The van der Waals surface area contributed by atoms with E-state index >= 15 is 0 Å². The predicted octanol–water partition coefficient (Wildman–Crippen LogP) is 4.47. The highest BCUT2D eigenvalue weighted by molar-refractivity contribution is 5.94. The van der Waals surface area contributed by atoms with Crippen molar-refractivity contribution in [3.8, 4) is 17.2 Å². The molecule has 5 nitrogen and oxygen atoms in total. The lowest BCUT2D eigenvalue weighted by molar-refractivity contribution is 0.0734. The van der Waals surface area contributed by atoms with Crippen LogP contribution in [0.15, 0.2) is 42.5 Å². The number of methoxy groups -OCH3 is 2. The van der Waals surface area contributed by atoms with E-state index in [2.05, 4.69) is 0 Å². The first-order valence-electron chi connectivity index (χ1n) is 9.33. The second-order valence-corrected chi connectivity index (χ2v) is 6.96. The summed E-state index contributed by atoms with van der Waals surface area (Å²) in [6.07, 6.45) is 1.98. The number of ether oxygens (including phenoxy) is 3. The van der Waals surface area contributed by atoms with Crippen molar-refractivity contribution in [2.24, 2.45) is 0 Å². The minimum atomic E-state index is -0.0193. The summed E-state index contributed by atoms with van der Waals surface area (Å²) < 4.78 is 16.6. The van der Waals surface area contributed by atoms with Crippen molar-refractivity contribution >= 4 is 5.91 Å². The fraction of sp³-hybridized carbons (Fsp3) is 0.409. The molecule has 2 aromatic carbocycles. The van der Waals surface area contributed by atoms with E-state index in [0.717, 1.165) is 42.2 Å². The van der Waals surface area contributed by atoms with Crippen molar-refractivity contribution in [1.29, 1.82) is 0 Å². The smallest absolute Gasteiger partial charge is 0.254 e. The number of hydrogen-bond acceptors (Lipinski definition) is 4. The summed E-state index contributed by atoms with van der Waals surface area (Å²) in [6, 6.07) is 13.1. The van der Waals surface area contributed by atoms with Gasteiger partial charge in [0, 0.05) is 17.7 Å². The Morgan fingerprint density at radius 2 is 1.74 bits per heavy atom. The molecule has 3 rings (SSSR count). The third kappa shape index (κ3) is 4.18. The minimum Gasteiger partial charge on any atom is -0.497 e. The third-order valence-electron chi connectivity index (χ3n) is 4.78. The number of nitrogens with zero attached hydrogens (tertiary/aromatic N) is 1. The lowest BCUT2D eigenvalue weighted by Gasteiger charge is -2.27. The fourth-order valence-electron chi connectivity index (χ4n) is 3.55. The molecule has 0 spiro atoms. The first-order valence-corrected chi connectivity index (χ1v) is 9.33. The summed E-state index contributed by atoms with van der Waals surface area (Å²) in [5.41, 5.74) is 1.65. The molecule has 1 fully saturated rings. The standard InChI is InChI=1S/C22H27NO4/c1-15(2)27-17-9-7-16(8-10-17)22(24)23-13-5-6-20(23)19-14-18(25-3)11-12-21(19)26-4/h7-12,14-15,20H,5-6,13H2,1-4H3. The van der Waals surface area contributed by atoms with Gasteiger partial charge < -0.3 is 19.1 Å². The molecule has 0 radical (unpaired) electrons. The van der Waals surface area contributed by atoms with E-state index in [9.17, 15) is 4.79 Å². The van der Waals surface area contributed by atoms with Crippen molar-refractivity contribution in [2.45, 2.75) is 38.8 Å². The number of likely N-dealkylation sites (tertiary alicyclic amines) is 1. The lowest BCUT2D eigenvalue weighted by atomic mass is 10.0. The maximum absolute atomic E-state index is 13.1. The first kappa shape index (κ1) is 19.1. The predicted molar refractivity (Wildman–Crippen MR) is 105 cm³/mol. The Kier molecular flexibility index (Phi) is 5.89. The second kappa shape index (κ2) is 8.33. The first-order chi connectivity index (χ1) is 13.0. The SMILES string of the molecule is COc1ccc(OC)c(C2CCCN2C(=O)c2ccc(OC(C)C)cc2)c1. The maximum Gasteiger partial charge on any atom is 0.254 e. The highest BCUT2D eigenvalue weighted by atomic mass is 16.5. The van der Waals surface area contributed by atoms with Gasteiger partial charge in [0.25, 0.3) is 5.91 Å². The van der Waals surface area contributed by atoms with Gasteiger partial charge in [0.1, 0.15) is 17.2 Å². The van der Waals surface area contributed by atoms with Gasteiger partial charge >= 0.3 is 0 Å². The van der Waals surface area contributed by atoms with Crippen LogP contribution in [0.1, 0.15) is 48.7 Å². The molecule has 0 saturated carbocycles. The molecule has 0 bridgehead atoms. The van der Waals surface area contributed by atoms with E-state index in [1.165, 1.54) is 0 Å². The van der Waals surface area contributed by atoms with Gasteiger partial charge in [-0.15, -0.1) is 0 Å². The topological polar surface area (TPSA) is 48.0 Å². The average Bonchev–Trinajstić information content (AvgIpc) is 3.16. The molecule has 1 heterocycles. The number of benzene rings is 2. The molecule has 0 aromatic heterocycles. The molecule has 27 heavy (non-hydrogen) atoms. The molecule has 1 saturated heterocycles. The van der Waals surface area contributed by atoms with Crippen molar-refractivity contribution < 1.29 is 19.0 Å². The van der Waals surface area contributed by atoms with E-state index in [-0.39, 0.29) is 18.1 Å². The summed E-state index contributed by atoms with van der Waals surface area (Å²) in [4.78, 5) is 15.1. The number of hydrogen-bond donors (Lipinski definition) is 0.